The number of H-pyrrole nitrogens is 1. The molecular formula is C17H30N4O2. The van der Waals surface area contributed by atoms with Gasteiger partial charge in [-0.25, -0.2) is 0 Å². The van der Waals surface area contributed by atoms with Gasteiger partial charge in [-0.15, -0.1) is 0 Å². The molecule has 0 aromatic carbocycles. The molecule has 0 saturated carbocycles. The fourth-order valence-corrected chi connectivity index (χ4v) is 3.43. The number of hydrogen-bond donors (Lipinski definition) is 2. The third kappa shape index (κ3) is 4.12. The molecule has 0 amide bonds. The summed E-state index contributed by atoms with van der Waals surface area (Å²) in [5, 5.41) is 17.7. The fraction of sp³-hybridized carbons (Fsp3) is 0.824. The molecule has 0 aliphatic carbocycles. The van der Waals surface area contributed by atoms with Gasteiger partial charge in [0.05, 0.1) is 31.1 Å². The number of nitrogens with one attached hydrogen (secondary N) is 1. The van der Waals surface area contributed by atoms with Crippen LogP contribution in [0.25, 0.3) is 0 Å². The SMILES string of the molecule is CC(C)(C)c1cc(CN2CCCN([C@@H]3COC[C@H]3O)CC2)[nH]n1. The first kappa shape index (κ1) is 16.9. The summed E-state index contributed by atoms with van der Waals surface area (Å²) < 4.78 is 5.40. The molecule has 0 bridgehead atoms. The van der Waals surface area contributed by atoms with E-state index in [0.717, 1.165) is 44.8 Å². The first-order valence-corrected chi connectivity index (χ1v) is 8.70. The van der Waals surface area contributed by atoms with Gasteiger partial charge in [0.2, 0.25) is 0 Å². The van der Waals surface area contributed by atoms with E-state index in [1.54, 1.807) is 0 Å². The van der Waals surface area contributed by atoms with Gasteiger partial charge >= 0.3 is 0 Å². The summed E-state index contributed by atoms with van der Waals surface area (Å²) in [5.41, 5.74) is 2.39. The summed E-state index contributed by atoms with van der Waals surface area (Å²) >= 11 is 0. The quantitative estimate of drug-likeness (QED) is 0.868. The van der Waals surface area contributed by atoms with Crippen molar-refractivity contribution in [3.63, 3.8) is 0 Å². The van der Waals surface area contributed by atoms with Crippen molar-refractivity contribution in [3.05, 3.63) is 17.5 Å². The van der Waals surface area contributed by atoms with E-state index in [9.17, 15) is 5.11 Å². The van der Waals surface area contributed by atoms with Gasteiger partial charge in [-0.1, -0.05) is 20.8 Å². The molecule has 23 heavy (non-hydrogen) atoms. The molecular weight excluding hydrogens is 292 g/mol. The molecule has 2 aliphatic heterocycles. The summed E-state index contributed by atoms with van der Waals surface area (Å²) in [6, 6.07) is 2.37. The van der Waals surface area contributed by atoms with Gasteiger partial charge in [-0.2, -0.15) is 5.10 Å². The Morgan fingerprint density at radius 2 is 2.09 bits per heavy atom. The number of aromatic nitrogens is 2. The van der Waals surface area contributed by atoms with Crippen LogP contribution in [0, 0.1) is 0 Å². The summed E-state index contributed by atoms with van der Waals surface area (Å²) in [6.45, 7) is 12.8. The number of aliphatic hydroxyl groups is 1. The van der Waals surface area contributed by atoms with Crippen LogP contribution in [-0.4, -0.2) is 76.6 Å². The average Bonchev–Trinajstić information content (AvgIpc) is 3.05. The molecule has 0 unspecified atom stereocenters. The minimum atomic E-state index is -0.330. The zero-order valence-electron chi connectivity index (χ0n) is 14.6. The van der Waals surface area contributed by atoms with Gasteiger partial charge in [0.15, 0.2) is 0 Å². The molecule has 1 aromatic heterocycles. The van der Waals surface area contributed by atoms with Crippen LogP contribution in [0.5, 0.6) is 0 Å². The maximum Gasteiger partial charge on any atom is 0.0950 e. The van der Waals surface area contributed by atoms with Crippen molar-refractivity contribution in [1.82, 2.24) is 20.0 Å². The molecule has 3 heterocycles. The summed E-state index contributed by atoms with van der Waals surface area (Å²) in [7, 11) is 0. The van der Waals surface area contributed by atoms with Gasteiger partial charge in [0.25, 0.3) is 0 Å². The second-order valence-corrected chi connectivity index (χ2v) is 7.87. The number of hydrogen-bond acceptors (Lipinski definition) is 5. The summed E-state index contributed by atoms with van der Waals surface area (Å²) in [5.74, 6) is 0. The minimum absolute atomic E-state index is 0.0863. The molecule has 0 radical (unpaired) electrons. The van der Waals surface area contributed by atoms with Crippen molar-refractivity contribution in [2.45, 2.75) is 51.3 Å². The van der Waals surface area contributed by atoms with Gasteiger partial charge in [0.1, 0.15) is 0 Å². The Balaban J connectivity index is 1.55. The Morgan fingerprint density at radius 3 is 2.74 bits per heavy atom. The van der Waals surface area contributed by atoms with Crippen LogP contribution in [0.2, 0.25) is 0 Å². The van der Waals surface area contributed by atoms with Gasteiger partial charge in [-0.05, 0) is 25.6 Å². The van der Waals surface area contributed by atoms with Crippen LogP contribution in [0.15, 0.2) is 6.07 Å². The monoisotopic (exact) mass is 322 g/mol. The van der Waals surface area contributed by atoms with E-state index in [4.69, 9.17) is 4.74 Å². The van der Waals surface area contributed by atoms with Crippen LogP contribution in [0.3, 0.4) is 0 Å². The molecule has 2 aliphatic rings. The molecule has 6 nitrogen and oxygen atoms in total. The van der Waals surface area contributed by atoms with E-state index in [1.165, 1.54) is 5.69 Å². The molecule has 1 aromatic rings. The largest absolute Gasteiger partial charge is 0.389 e. The summed E-state index contributed by atoms with van der Waals surface area (Å²) in [4.78, 5) is 4.87. The number of aromatic amines is 1. The van der Waals surface area contributed by atoms with E-state index in [-0.39, 0.29) is 17.6 Å². The number of rotatable bonds is 3. The van der Waals surface area contributed by atoms with Gasteiger partial charge < -0.3 is 9.84 Å². The lowest BCUT2D eigenvalue weighted by Gasteiger charge is -2.28. The van der Waals surface area contributed by atoms with E-state index >= 15 is 0 Å². The molecule has 2 N–H and O–H groups in total. The number of aliphatic hydroxyl groups excluding tert-OH is 1. The van der Waals surface area contributed by atoms with Gasteiger partial charge in [-0.3, -0.25) is 14.9 Å². The van der Waals surface area contributed by atoms with Crippen molar-refractivity contribution < 1.29 is 9.84 Å². The maximum atomic E-state index is 10.0. The van der Waals surface area contributed by atoms with Crippen molar-refractivity contribution >= 4 is 0 Å². The lowest BCUT2D eigenvalue weighted by molar-refractivity contribution is 0.0837. The van der Waals surface area contributed by atoms with Crippen LogP contribution in [-0.2, 0) is 16.7 Å². The van der Waals surface area contributed by atoms with Crippen molar-refractivity contribution in [3.8, 4) is 0 Å². The predicted molar refractivity (Wildman–Crippen MR) is 89.4 cm³/mol. The Labute approximate surface area is 138 Å². The van der Waals surface area contributed by atoms with Crippen LogP contribution >= 0.6 is 0 Å². The second kappa shape index (κ2) is 6.89. The second-order valence-electron chi connectivity index (χ2n) is 7.87. The van der Waals surface area contributed by atoms with Crippen molar-refractivity contribution in [2.75, 3.05) is 39.4 Å². The zero-order valence-corrected chi connectivity index (χ0v) is 14.6. The van der Waals surface area contributed by atoms with E-state index in [2.05, 4.69) is 46.8 Å². The summed E-state index contributed by atoms with van der Waals surface area (Å²) in [6.07, 6.45) is 0.798. The maximum absolute atomic E-state index is 10.0. The van der Waals surface area contributed by atoms with E-state index < -0.39 is 0 Å². The zero-order chi connectivity index (χ0) is 16.4. The third-order valence-electron chi connectivity index (χ3n) is 4.91. The highest BCUT2D eigenvalue weighted by molar-refractivity contribution is 5.16. The standard InChI is InChI=1S/C17H30N4O2/c1-17(2,3)16-9-13(18-19-16)10-20-5-4-6-21(8-7-20)14-11-23-12-15(14)22/h9,14-15,22H,4-8,10-12H2,1-3H3,(H,18,19)/t14-,15-/m1/s1. The molecule has 2 atom stereocenters. The lowest BCUT2D eigenvalue weighted by Crippen LogP contribution is -2.44. The first-order valence-electron chi connectivity index (χ1n) is 8.70. The fourth-order valence-electron chi connectivity index (χ4n) is 3.43. The van der Waals surface area contributed by atoms with Crippen LogP contribution in [0.4, 0.5) is 0 Å². The molecule has 6 heteroatoms. The normalized spacial score (nSPS) is 28.2. The molecule has 3 rings (SSSR count). The molecule has 2 saturated heterocycles. The Bertz CT molecular complexity index is 511. The molecule has 0 spiro atoms. The number of ether oxygens (including phenoxy) is 1. The van der Waals surface area contributed by atoms with Crippen molar-refractivity contribution in [2.24, 2.45) is 0 Å². The van der Waals surface area contributed by atoms with Crippen molar-refractivity contribution in [1.29, 1.82) is 0 Å². The van der Waals surface area contributed by atoms with Crippen LogP contribution in [0.1, 0.15) is 38.6 Å². The van der Waals surface area contributed by atoms with Crippen LogP contribution < -0.4 is 0 Å². The smallest absolute Gasteiger partial charge is 0.0950 e. The highest BCUT2D eigenvalue weighted by atomic mass is 16.5. The third-order valence-corrected chi connectivity index (χ3v) is 4.91. The Hall–Kier alpha value is -0.950. The topological polar surface area (TPSA) is 64.6 Å². The molecule has 130 valence electrons. The highest BCUT2D eigenvalue weighted by Gasteiger charge is 2.32. The predicted octanol–water partition coefficient (Wildman–Crippen LogP) is 0.975. The number of nitrogens with zero attached hydrogens (tertiary/aromatic N) is 3. The van der Waals surface area contributed by atoms with Gasteiger partial charge in [0, 0.05) is 30.7 Å². The van der Waals surface area contributed by atoms with E-state index in [0.29, 0.717) is 13.2 Å². The lowest BCUT2D eigenvalue weighted by atomic mass is 9.92. The highest BCUT2D eigenvalue weighted by Crippen LogP contribution is 2.21. The average molecular weight is 322 g/mol. The Kier molecular flexibility index (Phi) is 5.06. The first-order chi connectivity index (χ1) is 10.9. The minimum Gasteiger partial charge on any atom is -0.389 e. The Morgan fingerprint density at radius 1 is 1.26 bits per heavy atom. The van der Waals surface area contributed by atoms with E-state index in [1.807, 2.05) is 0 Å². The molecule has 2 fully saturated rings.